The lowest BCUT2D eigenvalue weighted by Crippen LogP contribution is -2.44. The molecule has 0 heterocycles. The number of ether oxygens (including phenoxy) is 3. The Balaban J connectivity index is 1.74. The van der Waals surface area contributed by atoms with Gasteiger partial charge in [0.05, 0.1) is 32.5 Å². The summed E-state index contributed by atoms with van der Waals surface area (Å²) in [4.78, 5) is 0. The van der Waals surface area contributed by atoms with Gasteiger partial charge < -0.3 is 19.3 Å². The van der Waals surface area contributed by atoms with Crippen LogP contribution in [0.4, 0.5) is 0 Å². The minimum absolute atomic E-state index is 0.206. The molecule has 0 fully saturated rings. The van der Waals surface area contributed by atoms with Gasteiger partial charge >= 0.3 is 0 Å². The van der Waals surface area contributed by atoms with Gasteiger partial charge in [-0.25, -0.2) is 0 Å². The van der Waals surface area contributed by atoms with Crippen molar-refractivity contribution in [2.45, 2.75) is 44.6 Å². The third-order valence-corrected chi connectivity index (χ3v) is 5.13. The lowest BCUT2D eigenvalue weighted by molar-refractivity contribution is -0.160. The summed E-state index contributed by atoms with van der Waals surface area (Å²) in [5, 5.41) is 10.2. The second-order valence-corrected chi connectivity index (χ2v) is 7.52. The highest BCUT2D eigenvalue weighted by atomic mass is 16.6. The van der Waals surface area contributed by atoms with E-state index < -0.39 is 18.3 Å². The van der Waals surface area contributed by atoms with Crippen LogP contribution in [0.5, 0.6) is 0 Å². The van der Waals surface area contributed by atoms with E-state index in [0.717, 1.165) is 16.7 Å². The van der Waals surface area contributed by atoms with Crippen LogP contribution in [0.15, 0.2) is 91.0 Å². The first-order valence-electron chi connectivity index (χ1n) is 10.8. The van der Waals surface area contributed by atoms with E-state index in [1.54, 1.807) is 0 Å². The predicted octanol–water partition coefficient (Wildman–Crippen LogP) is 4.76. The highest BCUT2D eigenvalue weighted by molar-refractivity contribution is 5.15. The summed E-state index contributed by atoms with van der Waals surface area (Å²) in [6.07, 6.45) is 4.44. The van der Waals surface area contributed by atoms with Gasteiger partial charge in [-0.2, -0.15) is 0 Å². The minimum atomic E-state index is -0.590. The number of terminal acetylenes is 1. The second-order valence-electron chi connectivity index (χ2n) is 7.52. The van der Waals surface area contributed by atoms with Crippen molar-refractivity contribution in [3.05, 3.63) is 108 Å². The van der Waals surface area contributed by atoms with Crippen LogP contribution in [-0.2, 0) is 34.0 Å². The topological polar surface area (TPSA) is 47.9 Å². The van der Waals surface area contributed by atoms with Crippen LogP contribution in [-0.4, -0.2) is 30.0 Å². The summed E-state index contributed by atoms with van der Waals surface area (Å²) in [6, 6.07) is 29.6. The second kappa shape index (κ2) is 13.5. The Hall–Kier alpha value is -2.94. The molecular weight excluding hydrogens is 400 g/mol. The first-order chi connectivity index (χ1) is 15.8. The Morgan fingerprint density at radius 3 is 1.44 bits per heavy atom. The van der Waals surface area contributed by atoms with Crippen molar-refractivity contribution in [2.24, 2.45) is 0 Å². The molecule has 3 aromatic carbocycles. The number of hydrogen-bond acceptors (Lipinski definition) is 4. The maximum Gasteiger partial charge on any atom is 0.113 e. The summed E-state index contributed by atoms with van der Waals surface area (Å²) in [7, 11) is 0. The number of rotatable bonds is 13. The normalized spacial score (nSPS) is 13.8. The number of benzene rings is 3. The summed E-state index contributed by atoms with van der Waals surface area (Å²) in [6.45, 7) is 0.919. The molecule has 4 nitrogen and oxygen atoms in total. The van der Waals surface area contributed by atoms with E-state index in [1.165, 1.54) is 0 Å². The van der Waals surface area contributed by atoms with E-state index in [0.29, 0.717) is 26.2 Å². The van der Waals surface area contributed by atoms with Gasteiger partial charge in [0, 0.05) is 6.42 Å². The van der Waals surface area contributed by atoms with Crippen molar-refractivity contribution in [2.75, 3.05) is 6.61 Å². The van der Waals surface area contributed by atoms with Gasteiger partial charge in [0.25, 0.3) is 0 Å². The zero-order valence-electron chi connectivity index (χ0n) is 18.2. The number of hydrogen-bond donors (Lipinski definition) is 1. The Kier molecular flexibility index (Phi) is 9.98. The fourth-order valence-corrected chi connectivity index (χ4v) is 3.41. The van der Waals surface area contributed by atoms with E-state index in [9.17, 15) is 5.11 Å². The van der Waals surface area contributed by atoms with Gasteiger partial charge in [0.1, 0.15) is 12.2 Å². The molecule has 0 saturated carbocycles. The summed E-state index contributed by atoms with van der Waals surface area (Å²) in [5.41, 5.74) is 3.09. The van der Waals surface area contributed by atoms with E-state index in [4.69, 9.17) is 20.6 Å². The van der Waals surface area contributed by atoms with E-state index in [-0.39, 0.29) is 6.61 Å². The lowest BCUT2D eigenvalue weighted by atomic mass is 10.0. The summed E-state index contributed by atoms with van der Waals surface area (Å²) >= 11 is 0. The van der Waals surface area contributed by atoms with Crippen molar-refractivity contribution < 1.29 is 19.3 Å². The fraction of sp³-hybridized carbons (Fsp3) is 0.286. The Labute approximate surface area is 190 Å². The number of aliphatic hydroxyl groups is 1. The Morgan fingerprint density at radius 2 is 1.03 bits per heavy atom. The van der Waals surface area contributed by atoms with Crippen molar-refractivity contribution >= 4 is 0 Å². The lowest BCUT2D eigenvalue weighted by Gasteiger charge is -2.32. The monoisotopic (exact) mass is 430 g/mol. The van der Waals surface area contributed by atoms with Crippen molar-refractivity contribution in [1.82, 2.24) is 0 Å². The molecule has 0 spiro atoms. The molecule has 0 aromatic heterocycles. The third-order valence-electron chi connectivity index (χ3n) is 5.13. The average molecular weight is 431 g/mol. The van der Waals surface area contributed by atoms with Crippen LogP contribution < -0.4 is 0 Å². The van der Waals surface area contributed by atoms with Gasteiger partial charge in [-0.3, -0.25) is 0 Å². The standard InChI is InChI=1S/C28H30O4/c1-2-12-26(30-20-23-13-6-3-7-14-23)28(32-22-25-17-10-5-11-18-25)27(19-29)31-21-24-15-8-4-9-16-24/h1,3-11,13-18,26-29H,12,19-22H2/t26-,27-,28+/m1/s1. The summed E-state index contributed by atoms with van der Waals surface area (Å²) < 4.78 is 18.5. The van der Waals surface area contributed by atoms with Crippen LogP contribution >= 0.6 is 0 Å². The molecule has 32 heavy (non-hydrogen) atoms. The molecule has 0 amide bonds. The Morgan fingerprint density at radius 1 is 0.625 bits per heavy atom. The van der Waals surface area contributed by atoms with Gasteiger partial charge in [0.2, 0.25) is 0 Å². The van der Waals surface area contributed by atoms with E-state index in [1.807, 2.05) is 91.0 Å². The molecule has 0 unspecified atom stereocenters. The molecule has 0 aliphatic carbocycles. The maximum atomic E-state index is 10.2. The average Bonchev–Trinajstić information content (AvgIpc) is 2.86. The Bertz CT molecular complexity index is 922. The molecular formula is C28H30O4. The fourth-order valence-electron chi connectivity index (χ4n) is 3.41. The van der Waals surface area contributed by atoms with Crippen molar-refractivity contribution in [3.8, 4) is 12.3 Å². The summed E-state index contributed by atoms with van der Waals surface area (Å²) in [5.74, 6) is 2.69. The quantitative estimate of drug-likeness (QED) is 0.397. The molecule has 3 aromatic rings. The van der Waals surface area contributed by atoms with E-state index in [2.05, 4.69) is 5.92 Å². The van der Waals surface area contributed by atoms with Gasteiger partial charge in [-0.15, -0.1) is 12.3 Å². The largest absolute Gasteiger partial charge is 0.394 e. The highest BCUT2D eigenvalue weighted by Crippen LogP contribution is 2.20. The van der Waals surface area contributed by atoms with Gasteiger partial charge in [0.15, 0.2) is 0 Å². The van der Waals surface area contributed by atoms with Crippen LogP contribution in [0.25, 0.3) is 0 Å². The first kappa shape index (κ1) is 23.7. The van der Waals surface area contributed by atoms with Crippen LogP contribution in [0.1, 0.15) is 23.1 Å². The first-order valence-corrected chi connectivity index (χ1v) is 10.8. The molecule has 0 bridgehead atoms. The highest BCUT2D eigenvalue weighted by Gasteiger charge is 2.32. The molecule has 4 heteroatoms. The van der Waals surface area contributed by atoms with Crippen LogP contribution in [0.2, 0.25) is 0 Å². The third kappa shape index (κ3) is 7.64. The molecule has 0 aliphatic heterocycles. The molecule has 3 rings (SSSR count). The van der Waals surface area contributed by atoms with Gasteiger partial charge in [-0.05, 0) is 16.7 Å². The minimum Gasteiger partial charge on any atom is -0.394 e. The molecule has 1 N–H and O–H groups in total. The maximum absolute atomic E-state index is 10.2. The predicted molar refractivity (Wildman–Crippen MR) is 126 cm³/mol. The van der Waals surface area contributed by atoms with Gasteiger partial charge in [-0.1, -0.05) is 91.0 Å². The molecule has 166 valence electrons. The van der Waals surface area contributed by atoms with E-state index >= 15 is 0 Å². The zero-order chi connectivity index (χ0) is 22.4. The molecule has 0 aliphatic rings. The number of aliphatic hydroxyl groups excluding tert-OH is 1. The van der Waals surface area contributed by atoms with Crippen LogP contribution in [0.3, 0.4) is 0 Å². The van der Waals surface area contributed by atoms with Crippen molar-refractivity contribution in [1.29, 1.82) is 0 Å². The smallest absolute Gasteiger partial charge is 0.113 e. The van der Waals surface area contributed by atoms with Crippen LogP contribution in [0, 0.1) is 12.3 Å². The molecule has 0 saturated heterocycles. The molecule has 0 radical (unpaired) electrons. The SMILES string of the molecule is C#CC[C@@H](OCc1ccccc1)[C@H](OCc1ccccc1)[C@@H](CO)OCc1ccccc1. The molecule has 3 atom stereocenters. The van der Waals surface area contributed by atoms with Crippen molar-refractivity contribution in [3.63, 3.8) is 0 Å². The zero-order valence-corrected chi connectivity index (χ0v) is 18.2.